The van der Waals surface area contributed by atoms with Crippen molar-refractivity contribution in [2.45, 2.75) is 32.2 Å². The maximum absolute atomic E-state index is 13.0. The lowest BCUT2D eigenvalue weighted by atomic mass is 10.0. The molecule has 0 spiro atoms. The number of benzene rings is 1. The molecule has 0 unspecified atom stereocenters. The molecule has 128 valence electrons. The number of hydrogen-bond donors (Lipinski definition) is 1. The maximum Gasteiger partial charge on any atom is 0.273 e. The Labute approximate surface area is 151 Å². The van der Waals surface area contributed by atoms with Crippen LogP contribution >= 0.6 is 22.9 Å². The van der Waals surface area contributed by atoms with Crippen LogP contribution in [0.3, 0.4) is 0 Å². The minimum absolute atomic E-state index is 0.0493. The number of aromatic nitrogens is 1. The first-order chi connectivity index (χ1) is 11.7. The van der Waals surface area contributed by atoms with Gasteiger partial charge in [-0.25, -0.2) is 4.98 Å². The molecular formula is C18H22ClN3OS. The highest BCUT2D eigenvalue weighted by molar-refractivity contribution is 7.13. The van der Waals surface area contributed by atoms with Gasteiger partial charge in [0.1, 0.15) is 10.7 Å². The molecule has 1 aliphatic rings. The number of piperidine rings is 1. The lowest BCUT2D eigenvalue weighted by Gasteiger charge is -2.34. The largest absolute Gasteiger partial charge is 0.334 e. The van der Waals surface area contributed by atoms with Crippen molar-refractivity contribution in [3.63, 3.8) is 0 Å². The first kappa shape index (κ1) is 17.4. The highest BCUT2D eigenvalue weighted by Gasteiger charge is 2.27. The lowest BCUT2D eigenvalue weighted by molar-refractivity contribution is 0.0637. The summed E-state index contributed by atoms with van der Waals surface area (Å²) in [6, 6.07) is 7.90. The summed E-state index contributed by atoms with van der Waals surface area (Å²) in [6.07, 6.45) is 2.98. The summed E-state index contributed by atoms with van der Waals surface area (Å²) in [4.78, 5) is 19.6. The van der Waals surface area contributed by atoms with E-state index in [-0.39, 0.29) is 5.91 Å². The van der Waals surface area contributed by atoms with Crippen molar-refractivity contribution < 1.29 is 4.79 Å². The second-order valence-corrected chi connectivity index (χ2v) is 7.32. The molecule has 0 atom stereocenters. The Morgan fingerprint density at radius 2 is 2.21 bits per heavy atom. The molecule has 2 heterocycles. The number of nitrogens with one attached hydrogen (secondary N) is 1. The van der Waals surface area contributed by atoms with E-state index in [2.05, 4.69) is 17.2 Å². The van der Waals surface area contributed by atoms with Crippen LogP contribution in [-0.4, -0.2) is 41.5 Å². The van der Waals surface area contributed by atoms with Gasteiger partial charge in [-0.3, -0.25) is 4.79 Å². The van der Waals surface area contributed by atoms with E-state index in [9.17, 15) is 4.79 Å². The van der Waals surface area contributed by atoms with Gasteiger partial charge in [0.05, 0.1) is 0 Å². The van der Waals surface area contributed by atoms with Crippen molar-refractivity contribution in [3.05, 3.63) is 40.4 Å². The number of carbonyl (C=O) groups is 1. The standard InChI is InChI=1S/C18H22ClN3OS/c1-2-10-22(15-6-8-20-9-7-15)18(23)16-12-24-17(21-16)13-4-3-5-14(19)11-13/h3-5,11-12,15,20H,2,6-10H2,1H3. The molecule has 1 aliphatic heterocycles. The normalized spacial score (nSPS) is 15.4. The van der Waals surface area contributed by atoms with E-state index in [1.807, 2.05) is 34.5 Å². The van der Waals surface area contributed by atoms with Crippen LogP contribution in [-0.2, 0) is 0 Å². The fourth-order valence-corrected chi connectivity index (χ4v) is 4.06. The summed E-state index contributed by atoms with van der Waals surface area (Å²) in [5.41, 5.74) is 1.50. The van der Waals surface area contributed by atoms with E-state index in [0.717, 1.165) is 49.5 Å². The maximum atomic E-state index is 13.0. The molecule has 6 heteroatoms. The number of amides is 1. The van der Waals surface area contributed by atoms with Gasteiger partial charge in [-0.05, 0) is 44.5 Å². The fraction of sp³-hybridized carbons (Fsp3) is 0.444. The van der Waals surface area contributed by atoms with Crippen molar-refractivity contribution in [2.24, 2.45) is 0 Å². The third-order valence-electron chi connectivity index (χ3n) is 4.27. The van der Waals surface area contributed by atoms with Crippen LogP contribution in [0, 0.1) is 0 Å². The number of halogens is 1. The summed E-state index contributed by atoms with van der Waals surface area (Å²) < 4.78 is 0. The van der Waals surface area contributed by atoms with E-state index >= 15 is 0 Å². The van der Waals surface area contributed by atoms with E-state index in [1.165, 1.54) is 11.3 Å². The Bertz CT molecular complexity index is 697. The Balaban J connectivity index is 1.80. The molecule has 1 aromatic carbocycles. The monoisotopic (exact) mass is 363 g/mol. The molecular weight excluding hydrogens is 342 g/mol. The van der Waals surface area contributed by atoms with E-state index < -0.39 is 0 Å². The average molecular weight is 364 g/mol. The van der Waals surface area contributed by atoms with Crippen molar-refractivity contribution in [1.29, 1.82) is 0 Å². The zero-order chi connectivity index (χ0) is 16.9. The zero-order valence-electron chi connectivity index (χ0n) is 13.8. The quantitative estimate of drug-likeness (QED) is 0.871. The number of rotatable bonds is 5. The van der Waals surface area contributed by atoms with Gasteiger partial charge in [0.15, 0.2) is 0 Å². The summed E-state index contributed by atoms with van der Waals surface area (Å²) in [5.74, 6) is 0.0493. The van der Waals surface area contributed by atoms with Crippen molar-refractivity contribution in [3.8, 4) is 10.6 Å². The van der Waals surface area contributed by atoms with Crippen molar-refractivity contribution in [2.75, 3.05) is 19.6 Å². The SMILES string of the molecule is CCCN(C(=O)c1csc(-c2cccc(Cl)c2)n1)C1CCNCC1. The summed E-state index contributed by atoms with van der Waals surface area (Å²) in [5, 5.41) is 6.74. The molecule has 3 rings (SSSR count). The zero-order valence-corrected chi connectivity index (χ0v) is 15.4. The first-order valence-electron chi connectivity index (χ1n) is 8.42. The summed E-state index contributed by atoms with van der Waals surface area (Å²) >= 11 is 7.55. The van der Waals surface area contributed by atoms with Crippen LogP contribution < -0.4 is 5.32 Å². The highest BCUT2D eigenvalue weighted by Crippen LogP contribution is 2.27. The van der Waals surface area contributed by atoms with E-state index in [1.54, 1.807) is 0 Å². The highest BCUT2D eigenvalue weighted by atomic mass is 35.5. The van der Waals surface area contributed by atoms with Crippen LogP contribution in [0.25, 0.3) is 10.6 Å². The van der Waals surface area contributed by atoms with Crippen LogP contribution in [0.1, 0.15) is 36.7 Å². The van der Waals surface area contributed by atoms with Crippen LogP contribution in [0.2, 0.25) is 5.02 Å². The third-order valence-corrected chi connectivity index (χ3v) is 5.40. The molecule has 2 aromatic rings. The van der Waals surface area contributed by atoms with Gasteiger partial charge in [-0.2, -0.15) is 0 Å². The number of hydrogen-bond acceptors (Lipinski definition) is 4. The number of thiazole rings is 1. The summed E-state index contributed by atoms with van der Waals surface area (Å²) in [6.45, 7) is 4.85. The molecule has 4 nitrogen and oxygen atoms in total. The molecule has 1 fully saturated rings. The predicted molar refractivity (Wildman–Crippen MR) is 99.8 cm³/mol. The summed E-state index contributed by atoms with van der Waals surface area (Å²) in [7, 11) is 0. The second kappa shape index (κ2) is 8.10. The molecule has 1 N–H and O–H groups in total. The van der Waals surface area contributed by atoms with Crippen molar-refractivity contribution in [1.82, 2.24) is 15.2 Å². The van der Waals surface area contributed by atoms with E-state index in [4.69, 9.17) is 11.6 Å². The van der Waals surface area contributed by atoms with E-state index in [0.29, 0.717) is 16.8 Å². The Kier molecular flexibility index (Phi) is 5.87. The molecule has 1 saturated heterocycles. The third kappa shape index (κ3) is 3.97. The Morgan fingerprint density at radius 1 is 1.42 bits per heavy atom. The second-order valence-electron chi connectivity index (χ2n) is 6.03. The molecule has 1 amide bonds. The number of nitrogens with zero attached hydrogens (tertiary/aromatic N) is 2. The van der Waals surface area contributed by atoms with Gasteiger partial charge in [-0.15, -0.1) is 11.3 Å². The fourth-order valence-electron chi connectivity index (χ4n) is 3.08. The van der Waals surface area contributed by atoms with Gasteiger partial charge in [0.25, 0.3) is 5.91 Å². The Morgan fingerprint density at radius 3 is 2.92 bits per heavy atom. The molecule has 0 bridgehead atoms. The first-order valence-corrected chi connectivity index (χ1v) is 9.68. The smallest absolute Gasteiger partial charge is 0.273 e. The van der Waals surface area contributed by atoms with Gasteiger partial charge >= 0.3 is 0 Å². The van der Waals surface area contributed by atoms with Crippen LogP contribution in [0.15, 0.2) is 29.6 Å². The minimum Gasteiger partial charge on any atom is -0.334 e. The molecule has 0 radical (unpaired) electrons. The minimum atomic E-state index is 0.0493. The lowest BCUT2D eigenvalue weighted by Crippen LogP contribution is -2.46. The molecule has 24 heavy (non-hydrogen) atoms. The van der Waals surface area contributed by atoms with Crippen molar-refractivity contribution >= 4 is 28.8 Å². The molecule has 0 aliphatic carbocycles. The topological polar surface area (TPSA) is 45.2 Å². The molecule has 0 saturated carbocycles. The number of carbonyl (C=O) groups excluding carboxylic acids is 1. The van der Waals surface area contributed by atoms with Gasteiger partial charge < -0.3 is 10.2 Å². The predicted octanol–water partition coefficient (Wildman–Crippen LogP) is 4.07. The van der Waals surface area contributed by atoms with Gasteiger partial charge in [0.2, 0.25) is 0 Å². The molecule has 1 aromatic heterocycles. The van der Waals surface area contributed by atoms with Crippen LogP contribution in [0.5, 0.6) is 0 Å². The van der Waals surface area contributed by atoms with Crippen LogP contribution in [0.4, 0.5) is 0 Å². The van der Waals surface area contributed by atoms with Gasteiger partial charge in [-0.1, -0.05) is 30.7 Å². The Hall–Kier alpha value is -1.43. The van der Waals surface area contributed by atoms with Gasteiger partial charge in [0, 0.05) is 28.6 Å². The average Bonchev–Trinajstić information content (AvgIpc) is 3.10.